The van der Waals surface area contributed by atoms with Gasteiger partial charge in [-0.05, 0) is 25.1 Å². The predicted molar refractivity (Wildman–Crippen MR) is 89.7 cm³/mol. The van der Waals surface area contributed by atoms with Crippen LogP contribution in [-0.4, -0.2) is 59.5 Å². The zero-order valence-corrected chi connectivity index (χ0v) is 15.0. The standard InChI is InChI=1S/C14H19N3O6S2/c18-10-5-6-11(19)17(10)23-12(20)4-2-1-3-9-13-8(7-25(9,21)22)15-14(24)16-13/h8-9,13H,1-7H2,(H2,15,16,24)/t8-,9-,13-/m0/s1. The van der Waals surface area contributed by atoms with Gasteiger partial charge in [0.1, 0.15) is 0 Å². The molecule has 0 aromatic carbocycles. The number of carbonyl (C=O) groups excluding carboxylic acids is 3. The van der Waals surface area contributed by atoms with Gasteiger partial charge < -0.3 is 15.5 Å². The van der Waals surface area contributed by atoms with Gasteiger partial charge in [0.05, 0.1) is 23.1 Å². The van der Waals surface area contributed by atoms with Crippen LogP contribution in [0.15, 0.2) is 0 Å². The Balaban J connectivity index is 1.43. The molecule has 9 nitrogen and oxygen atoms in total. The van der Waals surface area contributed by atoms with E-state index in [4.69, 9.17) is 17.1 Å². The first-order chi connectivity index (χ1) is 11.8. The number of amides is 2. The van der Waals surface area contributed by atoms with Crippen molar-refractivity contribution in [3.63, 3.8) is 0 Å². The van der Waals surface area contributed by atoms with E-state index in [0.717, 1.165) is 0 Å². The van der Waals surface area contributed by atoms with Crippen LogP contribution in [0.3, 0.4) is 0 Å². The molecule has 0 saturated carbocycles. The average Bonchev–Trinajstić information content (AvgIpc) is 3.09. The van der Waals surface area contributed by atoms with E-state index < -0.39 is 32.9 Å². The Hall–Kier alpha value is -1.75. The maximum atomic E-state index is 12.2. The lowest BCUT2D eigenvalue weighted by Crippen LogP contribution is -2.39. The third-order valence-electron chi connectivity index (χ3n) is 4.64. The zero-order chi connectivity index (χ0) is 18.2. The minimum absolute atomic E-state index is 0.0159. The van der Waals surface area contributed by atoms with Gasteiger partial charge in [0, 0.05) is 19.3 Å². The number of unbranched alkanes of at least 4 members (excludes halogenated alkanes) is 1. The molecule has 0 aromatic heterocycles. The number of nitrogens with zero attached hydrogens (tertiary/aromatic N) is 1. The average molecular weight is 389 g/mol. The van der Waals surface area contributed by atoms with Gasteiger partial charge in [0.2, 0.25) is 0 Å². The number of thiocarbonyl (C=S) groups is 1. The summed E-state index contributed by atoms with van der Waals surface area (Å²) in [5, 5.41) is 6.40. The lowest BCUT2D eigenvalue weighted by atomic mass is 10.0. The molecule has 0 aromatic rings. The maximum absolute atomic E-state index is 12.2. The van der Waals surface area contributed by atoms with E-state index in [9.17, 15) is 22.8 Å². The third-order valence-corrected chi connectivity index (χ3v) is 7.15. The van der Waals surface area contributed by atoms with Gasteiger partial charge in [0.15, 0.2) is 14.9 Å². The minimum atomic E-state index is -3.20. The first-order valence-electron chi connectivity index (χ1n) is 8.13. The second kappa shape index (κ2) is 6.87. The number of carbonyl (C=O) groups is 3. The van der Waals surface area contributed by atoms with Crippen LogP contribution in [0.1, 0.15) is 38.5 Å². The molecule has 138 valence electrons. The molecule has 0 radical (unpaired) electrons. The fourth-order valence-electron chi connectivity index (χ4n) is 3.43. The number of rotatable bonds is 6. The van der Waals surface area contributed by atoms with Crippen LogP contribution >= 0.6 is 12.2 Å². The number of hydrogen-bond acceptors (Lipinski definition) is 7. The van der Waals surface area contributed by atoms with E-state index in [0.29, 0.717) is 29.4 Å². The topological polar surface area (TPSA) is 122 Å². The number of sulfone groups is 1. The van der Waals surface area contributed by atoms with E-state index >= 15 is 0 Å². The van der Waals surface area contributed by atoms with Crippen molar-refractivity contribution in [2.24, 2.45) is 0 Å². The summed E-state index contributed by atoms with van der Waals surface area (Å²) in [5.74, 6) is -1.65. The molecule has 2 N–H and O–H groups in total. The van der Waals surface area contributed by atoms with Crippen molar-refractivity contribution in [1.82, 2.24) is 15.7 Å². The highest BCUT2D eigenvalue weighted by Gasteiger charge is 2.50. The number of hydrogen-bond donors (Lipinski definition) is 2. The van der Waals surface area contributed by atoms with Crippen molar-refractivity contribution in [3.8, 4) is 0 Å². The van der Waals surface area contributed by atoms with Crippen molar-refractivity contribution >= 4 is 45.0 Å². The molecule has 3 fully saturated rings. The minimum Gasteiger partial charge on any atom is -0.357 e. The normalized spacial score (nSPS) is 30.2. The molecule has 2 amide bonds. The van der Waals surface area contributed by atoms with Gasteiger partial charge >= 0.3 is 5.97 Å². The van der Waals surface area contributed by atoms with Gasteiger partial charge in [0.25, 0.3) is 11.8 Å². The first kappa shape index (κ1) is 18.1. The molecular weight excluding hydrogens is 370 g/mol. The lowest BCUT2D eigenvalue weighted by Gasteiger charge is -2.17. The molecule has 0 spiro atoms. The third kappa shape index (κ3) is 3.76. The number of imide groups is 1. The summed E-state index contributed by atoms with van der Waals surface area (Å²) < 4.78 is 24.4. The van der Waals surface area contributed by atoms with Crippen LogP contribution in [0.5, 0.6) is 0 Å². The van der Waals surface area contributed by atoms with Crippen LogP contribution < -0.4 is 10.6 Å². The predicted octanol–water partition coefficient (Wildman–Crippen LogP) is -0.834. The molecule has 0 bridgehead atoms. The second-order valence-corrected chi connectivity index (χ2v) is 9.08. The van der Waals surface area contributed by atoms with Crippen molar-refractivity contribution in [3.05, 3.63) is 0 Å². The van der Waals surface area contributed by atoms with E-state index in [1.807, 2.05) is 0 Å². The number of nitrogens with one attached hydrogen (secondary N) is 2. The molecule has 3 saturated heterocycles. The summed E-state index contributed by atoms with van der Waals surface area (Å²) in [4.78, 5) is 39.2. The molecule has 25 heavy (non-hydrogen) atoms. The Morgan fingerprint density at radius 3 is 2.56 bits per heavy atom. The first-order valence-corrected chi connectivity index (χ1v) is 10.3. The summed E-state index contributed by atoms with van der Waals surface area (Å²) >= 11 is 5.02. The SMILES string of the molecule is O=C(CCCC[C@H]1[C@H]2NC(=S)N[C@H]2CS1(=O)=O)ON1C(=O)CCC1=O. The Labute approximate surface area is 150 Å². The van der Waals surface area contributed by atoms with Crippen LogP contribution in [0.4, 0.5) is 0 Å². The summed E-state index contributed by atoms with van der Waals surface area (Å²) in [6.07, 6.45) is 1.46. The van der Waals surface area contributed by atoms with Crippen molar-refractivity contribution in [1.29, 1.82) is 0 Å². The smallest absolute Gasteiger partial charge is 0.333 e. The van der Waals surface area contributed by atoms with Crippen molar-refractivity contribution < 1.29 is 27.6 Å². The number of fused-ring (bicyclic) bond motifs is 1. The van der Waals surface area contributed by atoms with Crippen LogP contribution in [0.25, 0.3) is 0 Å². The molecular formula is C14H19N3O6S2. The highest BCUT2D eigenvalue weighted by atomic mass is 32.2. The van der Waals surface area contributed by atoms with Crippen LogP contribution in [-0.2, 0) is 29.1 Å². The molecule has 3 atom stereocenters. The fraction of sp³-hybridized carbons (Fsp3) is 0.714. The van der Waals surface area contributed by atoms with Crippen molar-refractivity contribution in [2.75, 3.05) is 5.75 Å². The van der Waals surface area contributed by atoms with E-state index in [-0.39, 0.29) is 37.1 Å². The molecule has 3 aliphatic rings. The zero-order valence-electron chi connectivity index (χ0n) is 13.4. The lowest BCUT2D eigenvalue weighted by molar-refractivity contribution is -0.197. The Morgan fingerprint density at radius 2 is 1.88 bits per heavy atom. The van der Waals surface area contributed by atoms with Crippen molar-refractivity contribution in [2.45, 2.75) is 55.9 Å². The highest BCUT2D eigenvalue weighted by Crippen LogP contribution is 2.28. The van der Waals surface area contributed by atoms with Gasteiger partial charge in [-0.2, -0.15) is 0 Å². The van der Waals surface area contributed by atoms with Gasteiger partial charge in [-0.15, -0.1) is 5.06 Å². The largest absolute Gasteiger partial charge is 0.357 e. The maximum Gasteiger partial charge on any atom is 0.333 e. The van der Waals surface area contributed by atoms with Gasteiger partial charge in [-0.25, -0.2) is 13.2 Å². The molecule has 3 heterocycles. The van der Waals surface area contributed by atoms with Crippen LogP contribution in [0.2, 0.25) is 0 Å². The van der Waals surface area contributed by atoms with E-state index in [1.54, 1.807) is 0 Å². The molecule has 3 aliphatic heterocycles. The summed E-state index contributed by atoms with van der Waals surface area (Å²) in [5.41, 5.74) is 0. The van der Waals surface area contributed by atoms with Gasteiger partial charge in [-0.1, -0.05) is 6.42 Å². The molecule has 0 unspecified atom stereocenters. The number of hydroxylamine groups is 2. The Morgan fingerprint density at radius 1 is 1.20 bits per heavy atom. The fourth-order valence-corrected chi connectivity index (χ4v) is 5.98. The molecule has 0 aliphatic carbocycles. The van der Waals surface area contributed by atoms with Crippen LogP contribution in [0, 0.1) is 0 Å². The van der Waals surface area contributed by atoms with Gasteiger partial charge in [-0.3, -0.25) is 9.59 Å². The van der Waals surface area contributed by atoms with E-state index in [2.05, 4.69) is 10.6 Å². The quantitative estimate of drug-likeness (QED) is 0.340. The summed E-state index contributed by atoms with van der Waals surface area (Å²) in [6.45, 7) is 0. The molecule has 11 heteroatoms. The molecule has 3 rings (SSSR count). The highest BCUT2D eigenvalue weighted by molar-refractivity contribution is 7.92. The second-order valence-electron chi connectivity index (χ2n) is 6.41. The Kier molecular flexibility index (Phi) is 4.96. The summed E-state index contributed by atoms with van der Waals surface area (Å²) in [7, 11) is -3.20. The summed E-state index contributed by atoms with van der Waals surface area (Å²) in [6, 6.07) is -0.427. The van der Waals surface area contributed by atoms with E-state index in [1.165, 1.54) is 0 Å². The monoisotopic (exact) mass is 389 g/mol. The Bertz CT molecular complexity index is 706.